The molecule has 3 fully saturated rings. The summed E-state index contributed by atoms with van der Waals surface area (Å²) in [5, 5.41) is 0. The molecule has 0 aliphatic heterocycles. The minimum Gasteiger partial charge on any atom is -0.329 e. The van der Waals surface area contributed by atoms with E-state index in [0.717, 1.165) is 19.0 Å². The molecule has 0 unspecified atom stereocenters. The predicted molar refractivity (Wildman–Crippen MR) is 116 cm³/mol. The van der Waals surface area contributed by atoms with Gasteiger partial charge in [0.05, 0.1) is 0 Å². The second-order valence-electron chi connectivity index (χ2n) is 9.37. The lowest BCUT2D eigenvalue weighted by molar-refractivity contribution is -0.0107. The molecule has 2 bridgehead atoms. The van der Waals surface area contributed by atoms with Gasteiger partial charge in [-0.1, -0.05) is 77.6 Å². The summed E-state index contributed by atoms with van der Waals surface area (Å²) < 4.78 is 0. The van der Waals surface area contributed by atoms with Crippen LogP contribution in [0.1, 0.15) is 122 Å². The zero-order chi connectivity index (χ0) is 18.5. The van der Waals surface area contributed by atoms with Crippen molar-refractivity contribution in [1.82, 2.24) is 4.90 Å². The largest absolute Gasteiger partial charge is 0.329 e. The Bertz CT molecular complexity index is 319. The minimum absolute atomic E-state index is 0.548. The number of nitrogens with zero attached hydrogens (tertiary/aromatic N) is 1. The molecule has 26 heavy (non-hydrogen) atoms. The minimum atomic E-state index is 0.548. The molecule has 3 aliphatic carbocycles. The highest BCUT2D eigenvalue weighted by molar-refractivity contribution is 4.99. The second kappa shape index (κ2) is 13.2. The van der Waals surface area contributed by atoms with Gasteiger partial charge in [-0.25, -0.2) is 0 Å². The molecule has 0 atom stereocenters. The van der Waals surface area contributed by atoms with Gasteiger partial charge in [0, 0.05) is 18.6 Å². The SMILES string of the molecule is CCCCCCCCCCCCCCN(CCN)C12CCC(CC1)CC2. The normalized spacial score (nSPS) is 25.3. The molecule has 3 rings (SSSR count). The molecule has 2 N–H and O–H groups in total. The van der Waals surface area contributed by atoms with Crippen LogP contribution < -0.4 is 5.73 Å². The fourth-order valence-electron chi connectivity index (χ4n) is 5.59. The molecule has 0 spiro atoms. The summed E-state index contributed by atoms with van der Waals surface area (Å²) in [5.41, 5.74) is 6.51. The van der Waals surface area contributed by atoms with E-state index >= 15 is 0 Å². The van der Waals surface area contributed by atoms with Crippen LogP contribution in [-0.4, -0.2) is 30.1 Å². The molecule has 154 valence electrons. The maximum atomic E-state index is 5.96. The fourth-order valence-corrected chi connectivity index (χ4v) is 5.59. The summed E-state index contributed by atoms with van der Waals surface area (Å²) in [6.07, 6.45) is 26.1. The zero-order valence-electron chi connectivity index (χ0n) is 18.0. The van der Waals surface area contributed by atoms with Gasteiger partial charge in [-0.3, -0.25) is 4.90 Å². The first-order valence-electron chi connectivity index (χ1n) is 12.3. The smallest absolute Gasteiger partial charge is 0.0210 e. The lowest BCUT2D eigenvalue weighted by atomic mass is 9.65. The molecule has 0 radical (unpaired) electrons. The summed E-state index contributed by atoms with van der Waals surface area (Å²) in [6, 6.07) is 0. The maximum absolute atomic E-state index is 5.96. The van der Waals surface area contributed by atoms with Crippen molar-refractivity contribution < 1.29 is 0 Å². The number of hydrogen-bond donors (Lipinski definition) is 1. The molecule has 0 aromatic carbocycles. The Hall–Kier alpha value is -0.0800. The number of hydrogen-bond acceptors (Lipinski definition) is 2. The average Bonchev–Trinajstić information content (AvgIpc) is 2.69. The highest BCUT2D eigenvalue weighted by Gasteiger charge is 2.43. The molecule has 0 amide bonds. The molecule has 3 saturated carbocycles. The Labute approximate surface area is 164 Å². The molecular weight excluding hydrogens is 316 g/mol. The topological polar surface area (TPSA) is 29.3 Å². The molecule has 2 heteroatoms. The van der Waals surface area contributed by atoms with Gasteiger partial charge in [-0.2, -0.15) is 0 Å². The van der Waals surface area contributed by atoms with E-state index in [1.807, 2.05) is 0 Å². The maximum Gasteiger partial charge on any atom is 0.0210 e. The van der Waals surface area contributed by atoms with Crippen molar-refractivity contribution >= 4 is 0 Å². The zero-order valence-corrected chi connectivity index (χ0v) is 18.0. The number of unbranched alkanes of at least 4 members (excludes halogenated alkanes) is 11. The van der Waals surface area contributed by atoms with Crippen LogP contribution in [0.25, 0.3) is 0 Å². The Kier molecular flexibility index (Phi) is 11.2. The summed E-state index contributed by atoms with van der Waals surface area (Å²) in [4.78, 5) is 2.82. The van der Waals surface area contributed by atoms with Gasteiger partial charge in [0.2, 0.25) is 0 Å². The monoisotopic (exact) mass is 364 g/mol. The van der Waals surface area contributed by atoms with Crippen molar-refractivity contribution in [3.63, 3.8) is 0 Å². The third-order valence-corrected chi connectivity index (χ3v) is 7.41. The third kappa shape index (κ3) is 7.50. The van der Waals surface area contributed by atoms with Crippen LogP contribution in [0.3, 0.4) is 0 Å². The van der Waals surface area contributed by atoms with Crippen LogP contribution in [0.2, 0.25) is 0 Å². The van der Waals surface area contributed by atoms with E-state index in [9.17, 15) is 0 Å². The average molecular weight is 365 g/mol. The Morgan fingerprint density at radius 3 is 1.62 bits per heavy atom. The highest BCUT2D eigenvalue weighted by Crippen LogP contribution is 2.47. The van der Waals surface area contributed by atoms with Crippen LogP contribution >= 0.6 is 0 Å². The van der Waals surface area contributed by atoms with E-state index in [4.69, 9.17) is 5.73 Å². The van der Waals surface area contributed by atoms with Gasteiger partial charge in [-0.15, -0.1) is 0 Å². The Morgan fingerprint density at radius 2 is 1.15 bits per heavy atom. The lowest BCUT2D eigenvalue weighted by Gasteiger charge is -2.53. The van der Waals surface area contributed by atoms with Gasteiger partial charge in [0.25, 0.3) is 0 Å². The fraction of sp³-hybridized carbons (Fsp3) is 1.00. The summed E-state index contributed by atoms with van der Waals surface area (Å²) in [6.45, 7) is 5.57. The van der Waals surface area contributed by atoms with E-state index in [1.165, 1.54) is 122 Å². The van der Waals surface area contributed by atoms with Crippen molar-refractivity contribution in [3.8, 4) is 0 Å². The Balaban J connectivity index is 1.48. The van der Waals surface area contributed by atoms with Gasteiger partial charge < -0.3 is 5.73 Å². The Morgan fingerprint density at radius 1 is 0.692 bits per heavy atom. The molecule has 0 saturated heterocycles. The van der Waals surface area contributed by atoms with E-state index in [0.29, 0.717) is 5.54 Å². The number of rotatable bonds is 16. The van der Waals surface area contributed by atoms with Gasteiger partial charge in [-0.05, 0) is 57.4 Å². The van der Waals surface area contributed by atoms with Crippen LogP contribution in [0.15, 0.2) is 0 Å². The van der Waals surface area contributed by atoms with E-state index < -0.39 is 0 Å². The van der Waals surface area contributed by atoms with E-state index in [2.05, 4.69) is 11.8 Å². The van der Waals surface area contributed by atoms with Crippen molar-refractivity contribution in [2.24, 2.45) is 11.7 Å². The highest BCUT2D eigenvalue weighted by atomic mass is 15.2. The molecule has 0 heterocycles. The first kappa shape index (κ1) is 22.2. The van der Waals surface area contributed by atoms with E-state index in [1.54, 1.807) is 0 Å². The standard InChI is InChI=1S/C24H48N2/c1-2-3-4-5-6-7-8-9-10-11-12-13-21-26(22-20-25)24-17-14-23(15-18-24)16-19-24/h23H,2-22,25H2,1H3. The van der Waals surface area contributed by atoms with E-state index in [-0.39, 0.29) is 0 Å². The molecule has 0 aromatic heterocycles. The summed E-state index contributed by atoms with van der Waals surface area (Å²) in [7, 11) is 0. The van der Waals surface area contributed by atoms with Crippen molar-refractivity contribution in [3.05, 3.63) is 0 Å². The molecule has 0 aromatic rings. The van der Waals surface area contributed by atoms with Crippen molar-refractivity contribution in [1.29, 1.82) is 0 Å². The molecular formula is C24H48N2. The summed E-state index contributed by atoms with van der Waals surface area (Å²) >= 11 is 0. The van der Waals surface area contributed by atoms with Crippen molar-refractivity contribution in [2.45, 2.75) is 128 Å². The quantitative estimate of drug-likeness (QED) is 0.310. The molecule has 3 aliphatic rings. The summed E-state index contributed by atoms with van der Waals surface area (Å²) in [5.74, 6) is 1.06. The van der Waals surface area contributed by atoms with Crippen LogP contribution in [-0.2, 0) is 0 Å². The number of nitrogens with two attached hydrogens (primary N) is 1. The number of fused-ring (bicyclic) bond motifs is 3. The van der Waals surface area contributed by atoms with Crippen LogP contribution in [0, 0.1) is 5.92 Å². The molecule has 2 nitrogen and oxygen atoms in total. The first-order valence-corrected chi connectivity index (χ1v) is 12.3. The third-order valence-electron chi connectivity index (χ3n) is 7.41. The lowest BCUT2D eigenvalue weighted by Crippen LogP contribution is -2.55. The second-order valence-corrected chi connectivity index (χ2v) is 9.37. The predicted octanol–water partition coefficient (Wildman–Crippen LogP) is 6.67. The van der Waals surface area contributed by atoms with Crippen LogP contribution in [0.5, 0.6) is 0 Å². The van der Waals surface area contributed by atoms with Gasteiger partial charge in [0.1, 0.15) is 0 Å². The van der Waals surface area contributed by atoms with Crippen molar-refractivity contribution in [2.75, 3.05) is 19.6 Å². The van der Waals surface area contributed by atoms with Gasteiger partial charge in [0.15, 0.2) is 0 Å². The van der Waals surface area contributed by atoms with Gasteiger partial charge >= 0.3 is 0 Å². The first-order chi connectivity index (χ1) is 12.8. The van der Waals surface area contributed by atoms with Crippen LogP contribution in [0.4, 0.5) is 0 Å².